The van der Waals surface area contributed by atoms with Crippen LogP contribution in [0, 0.1) is 5.82 Å². The Bertz CT molecular complexity index is 580. The van der Waals surface area contributed by atoms with Crippen molar-refractivity contribution in [3.63, 3.8) is 0 Å². The lowest BCUT2D eigenvalue weighted by molar-refractivity contribution is 0.383. The van der Waals surface area contributed by atoms with Gasteiger partial charge in [-0.3, -0.25) is 0 Å². The Labute approximate surface area is 125 Å². The van der Waals surface area contributed by atoms with Gasteiger partial charge >= 0.3 is 0 Å². The van der Waals surface area contributed by atoms with Gasteiger partial charge in [-0.25, -0.2) is 4.39 Å². The van der Waals surface area contributed by atoms with E-state index < -0.39 is 0 Å². The van der Waals surface area contributed by atoms with E-state index in [0.717, 1.165) is 30.0 Å². The molecule has 21 heavy (non-hydrogen) atoms. The largest absolute Gasteiger partial charge is 0.494 e. The van der Waals surface area contributed by atoms with Crippen molar-refractivity contribution in [2.75, 3.05) is 13.7 Å². The number of likely N-dealkylation sites (N-methyl/N-ethyl adjacent to an activating group) is 1. The first-order valence-electron chi connectivity index (χ1n) is 7.32. The summed E-state index contributed by atoms with van der Waals surface area (Å²) in [5.41, 5.74) is 0.911. The molecule has 1 aromatic heterocycles. The summed E-state index contributed by atoms with van der Waals surface area (Å²) in [6, 6.07) is 9.10. The van der Waals surface area contributed by atoms with Crippen molar-refractivity contribution in [3.05, 3.63) is 53.2 Å². The Balaban J connectivity index is 2.17. The van der Waals surface area contributed by atoms with E-state index in [-0.39, 0.29) is 17.6 Å². The van der Waals surface area contributed by atoms with E-state index >= 15 is 0 Å². The van der Waals surface area contributed by atoms with Gasteiger partial charge in [0, 0.05) is 6.42 Å². The molecule has 1 aromatic carbocycles. The molecule has 1 heterocycles. The van der Waals surface area contributed by atoms with Crippen LogP contribution >= 0.6 is 0 Å². The average molecular weight is 291 g/mol. The fraction of sp³-hybridized carbons (Fsp3) is 0.412. The number of hydrogen-bond acceptors (Lipinski definition) is 3. The molecule has 0 saturated carbocycles. The molecular formula is C17H22FNO2. The van der Waals surface area contributed by atoms with Gasteiger partial charge in [-0.05, 0) is 42.8 Å². The molecule has 0 amide bonds. The van der Waals surface area contributed by atoms with Gasteiger partial charge in [0.1, 0.15) is 11.5 Å². The zero-order valence-electron chi connectivity index (χ0n) is 12.8. The number of furan rings is 1. The molecule has 0 spiro atoms. The number of benzene rings is 1. The van der Waals surface area contributed by atoms with E-state index in [2.05, 4.69) is 12.2 Å². The highest BCUT2D eigenvalue weighted by molar-refractivity contribution is 5.30. The van der Waals surface area contributed by atoms with Crippen molar-refractivity contribution in [3.8, 4) is 5.75 Å². The third kappa shape index (κ3) is 3.85. The summed E-state index contributed by atoms with van der Waals surface area (Å²) in [6.45, 7) is 4.93. The molecule has 0 fully saturated rings. The molecule has 0 radical (unpaired) electrons. The van der Waals surface area contributed by atoms with Crippen LogP contribution in [0.5, 0.6) is 5.75 Å². The van der Waals surface area contributed by atoms with Crippen LogP contribution in [-0.2, 0) is 12.8 Å². The Morgan fingerprint density at radius 2 is 2.05 bits per heavy atom. The molecule has 2 aromatic rings. The van der Waals surface area contributed by atoms with E-state index in [4.69, 9.17) is 9.15 Å². The SMILES string of the molecule is CCNC(Cc1ccc(OC)c(F)c1)c1ccc(CC)o1. The number of rotatable bonds is 7. The molecule has 2 rings (SSSR count). The minimum Gasteiger partial charge on any atom is -0.494 e. The van der Waals surface area contributed by atoms with Gasteiger partial charge < -0.3 is 14.5 Å². The van der Waals surface area contributed by atoms with E-state index in [9.17, 15) is 4.39 Å². The second-order valence-electron chi connectivity index (χ2n) is 4.94. The Kier molecular flexibility index (Phi) is 5.39. The van der Waals surface area contributed by atoms with Crippen LogP contribution in [-0.4, -0.2) is 13.7 Å². The fourth-order valence-electron chi connectivity index (χ4n) is 2.36. The summed E-state index contributed by atoms with van der Waals surface area (Å²) in [7, 11) is 1.47. The van der Waals surface area contributed by atoms with Crippen LogP contribution in [0.1, 0.15) is 37.0 Å². The second kappa shape index (κ2) is 7.27. The lowest BCUT2D eigenvalue weighted by Crippen LogP contribution is -2.22. The molecular weight excluding hydrogens is 269 g/mol. The minimum absolute atomic E-state index is 0.0445. The summed E-state index contributed by atoms with van der Waals surface area (Å²) in [4.78, 5) is 0. The summed E-state index contributed by atoms with van der Waals surface area (Å²) in [5, 5.41) is 3.39. The number of ether oxygens (including phenoxy) is 1. The van der Waals surface area contributed by atoms with Crippen molar-refractivity contribution in [2.24, 2.45) is 0 Å². The van der Waals surface area contributed by atoms with Gasteiger partial charge in [-0.1, -0.05) is 19.9 Å². The molecule has 114 valence electrons. The lowest BCUT2D eigenvalue weighted by atomic mass is 10.0. The first kappa shape index (κ1) is 15.6. The molecule has 0 aliphatic carbocycles. The maximum absolute atomic E-state index is 13.8. The standard InChI is InChI=1S/C17H22FNO2/c1-4-13-7-9-17(21-13)15(19-5-2)11-12-6-8-16(20-3)14(18)10-12/h6-10,15,19H,4-5,11H2,1-3H3. The van der Waals surface area contributed by atoms with E-state index in [1.807, 2.05) is 25.1 Å². The fourth-order valence-corrected chi connectivity index (χ4v) is 2.36. The number of hydrogen-bond donors (Lipinski definition) is 1. The van der Waals surface area contributed by atoms with Crippen molar-refractivity contribution >= 4 is 0 Å². The first-order chi connectivity index (χ1) is 10.2. The molecule has 0 aliphatic rings. The molecule has 3 nitrogen and oxygen atoms in total. The van der Waals surface area contributed by atoms with Crippen molar-refractivity contribution < 1.29 is 13.5 Å². The number of methoxy groups -OCH3 is 1. The van der Waals surface area contributed by atoms with Crippen molar-refractivity contribution in [1.29, 1.82) is 0 Å². The second-order valence-corrected chi connectivity index (χ2v) is 4.94. The number of nitrogens with one attached hydrogen (secondary N) is 1. The molecule has 4 heteroatoms. The molecule has 0 bridgehead atoms. The van der Waals surface area contributed by atoms with Crippen LogP contribution in [0.4, 0.5) is 4.39 Å². The Hall–Kier alpha value is -1.81. The highest BCUT2D eigenvalue weighted by atomic mass is 19.1. The van der Waals surface area contributed by atoms with Gasteiger partial charge in [-0.15, -0.1) is 0 Å². The highest BCUT2D eigenvalue weighted by Crippen LogP contribution is 2.24. The Morgan fingerprint density at radius 1 is 1.24 bits per heavy atom. The van der Waals surface area contributed by atoms with Crippen LogP contribution in [0.3, 0.4) is 0 Å². The molecule has 0 aliphatic heterocycles. The maximum Gasteiger partial charge on any atom is 0.165 e. The summed E-state index contributed by atoms with van der Waals surface area (Å²) < 4.78 is 24.5. The number of halogens is 1. The normalized spacial score (nSPS) is 12.4. The Morgan fingerprint density at radius 3 is 2.62 bits per heavy atom. The summed E-state index contributed by atoms with van der Waals surface area (Å²) >= 11 is 0. The molecule has 1 N–H and O–H groups in total. The zero-order chi connectivity index (χ0) is 15.2. The van der Waals surface area contributed by atoms with Gasteiger partial charge in [0.15, 0.2) is 11.6 Å². The van der Waals surface area contributed by atoms with Gasteiger partial charge in [0.05, 0.1) is 13.2 Å². The molecule has 0 saturated heterocycles. The third-order valence-corrected chi connectivity index (χ3v) is 3.48. The zero-order valence-corrected chi connectivity index (χ0v) is 12.8. The lowest BCUT2D eigenvalue weighted by Gasteiger charge is -2.16. The van der Waals surface area contributed by atoms with Gasteiger partial charge in [-0.2, -0.15) is 0 Å². The van der Waals surface area contributed by atoms with Crippen LogP contribution in [0.2, 0.25) is 0 Å². The van der Waals surface area contributed by atoms with Gasteiger partial charge in [0.25, 0.3) is 0 Å². The average Bonchev–Trinajstić information content (AvgIpc) is 2.96. The monoisotopic (exact) mass is 291 g/mol. The predicted octanol–water partition coefficient (Wildman–Crippen LogP) is 3.88. The maximum atomic E-state index is 13.8. The topological polar surface area (TPSA) is 34.4 Å². The summed E-state index contributed by atoms with van der Waals surface area (Å²) in [5.74, 6) is 1.79. The highest BCUT2D eigenvalue weighted by Gasteiger charge is 2.16. The third-order valence-electron chi connectivity index (χ3n) is 3.48. The van der Waals surface area contributed by atoms with E-state index in [0.29, 0.717) is 6.42 Å². The smallest absolute Gasteiger partial charge is 0.165 e. The summed E-state index contributed by atoms with van der Waals surface area (Å²) in [6.07, 6.45) is 1.54. The van der Waals surface area contributed by atoms with Crippen molar-refractivity contribution in [2.45, 2.75) is 32.7 Å². The quantitative estimate of drug-likeness (QED) is 0.840. The van der Waals surface area contributed by atoms with Crippen LogP contribution in [0.25, 0.3) is 0 Å². The van der Waals surface area contributed by atoms with E-state index in [1.165, 1.54) is 13.2 Å². The molecule has 1 atom stereocenters. The first-order valence-corrected chi connectivity index (χ1v) is 7.32. The minimum atomic E-state index is -0.334. The number of aryl methyl sites for hydroxylation is 1. The van der Waals surface area contributed by atoms with Crippen molar-refractivity contribution in [1.82, 2.24) is 5.32 Å². The van der Waals surface area contributed by atoms with Crippen LogP contribution in [0.15, 0.2) is 34.7 Å². The molecule has 1 unspecified atom stereocenters. The predicted molar refractivity (Wildman–Crippen MR) is 81.2 cm³/mol. The van der Waals surface area contributed by atoms with Crippen LogP contribution < -0.4 is 10.1 Å². The van der Waals surface area contributed by atoms with Gasteiger partial charge in [0.2, 0.25) is 0 Å². The van der Waals surface area contributed by atoms with E-state index in [1.54, 1.807) is 6.07 Å².